The highest BCUT2D eigenvalue weighted by molar-refractivity contribution is 9.10. The molecule has 0 bridgehead atoms. The number of aryl methyl sites for hydroxylation is 1. The van der Waals surface area contributed by atoms with Gasteiger partial charge >= 0.3 is 0 Å². The lowest BCUT2D eigenvalue weighted by Gasteiger charge is -2.06. The highest BCUT2D eigenvalue weighted by Crippen LogP contribution is 2.21. The number of aromatic nitrogens is 2. The van der Waals surface area contributed by atoms with E-state index in [4.69, 9.17) is 0 Å². The van der Waals surface area contributed by atoms with E-state index in [0.717, 1.165) is 22.5 Å². The minimum Gasteiger partial charge on any atom is -0.326 e. The molecule has 96 valence electrons. The predicted octanol–water partition coefficient (Wildman–Crippen LogP) is 4.21. The molecule has 0 aliphatic rings. The molecule has 0 aliphatic heterocycles. The molecular formula is C15H19BrN2. The van der Waals surface area contributed by atoms with Gasteiger partial charge in [0.25, 0.3) is 0 Å². The number of nitrogens with zero attached hydrogens (tertiary/aromatic N) is 2. The zero-order chi connectivity index (χ0) is 13.3. The third-order valence-corrected chi connectivity index (χ3v) is 4.32. The van der Waals surface area contributed by atoms with Crippen LogP contribution < -0.4 is 0 Å². The lowest BCUT2D eigenvalue weighted by atomic mass is 10.0. The Morgan fingerprint density at radius 1 is 1.22 bits per heavy atom. The maximum atomic E-state index is 4.58. The fourth-order valence-corrected chi connectivity index (χ4v) is 2.46. The molecule has 0 spiro atoms. The van der Waals surface area contributed by atoms with Gasteiger partial charge in [-0.2, -0.15) is 0 Å². The van der Waals surface area contributed by atoms with Crippen LogP contribution >= 0.6 is 15.9 Å². The number of hydrogen-bond acceptors (Lipinski definition) is 1. The molecule has 0 fully saturated rings. The van der Waals surface area contributed by atoms with Crippen LogP contribution in [0.5, 0.6) is 0 Å². The van der Waals surface area contributed by atoms with E-state index in [-0.39, 0.29) is 0 Å². The lowest BCUT2D eigenvalue weighted by Crippen LogP contribution is -1.93. The van der Waals surface area contributed by atoms with Crippen LogP contribution in [0.25, 0.3) is 0 Å². The van der Waals surface area contributed by atoms with Crippen LogP contribution in [0.3, 0.4) is 0 Å². The van der Waals surface area contributed by atoms with Crippen molar-refractivity contribution in [3.05, 3.63) is 51.5 Å². The normalized spacial score (nSPS) is 11.2. The second-order valence-corrected chi connectivity index (χ2v) is 5.78. The van der Waals surface area contributed by atoms with Gasteiger partial charge in [-0.25, -0.2) is 4.98 Å². The molecule has 1 aromatic carbocycles. The molecule has 1 heterocycles. The smallest absolute Gasteiger partial charge is 0.108 e. The van der Waals surface area contributed by atoms with Crippen molar-refractivity contribution < 1.29 is 0 Å². The quantitative estimate of drug-likeness (QED) is 0.831. The summed E-state index contributed by atoms with van der Waals surface area (Å²) in [5.41, 5.74) is 3.79. The van der Waals surface area contributed by atoms with Crippen molar-refractivity contribution in [1.82, 2.24) is 9.55 Å². The highest BCUT2D eigenvalue weighted by atomic mass is 79.9. The van der Waals surface area contributed by atoms with Crippen molar-refractivity contribution in [2.24, 2.45) is 7.05 Å². The first-order valence-electron chi connectivity index (χ1n) is 6.25. The van der Waals surface area contributed by atoms with E-state index in [0.29, 0.717) is 5.92 Å². The number of benzene rings is 1. The molecule has 0 saturated heterocycles. The van der Waals surface area contributed by atoms with Crippen molar-refractivity contribution in [3.8, 4) is 0 Å². The summed E-state index contributed by atoms with van der Waals surface area (Å²) in [6.07, 6.45) is 0.876. The van der Waals surface area contributed by atoms with Crippen molar-refractivity contribution in [2.45, 2.75) is 33.1 Å². The summed E-state index contributed by atoms with van der Waals surface area (Å²) in [5.74, 6) is 1.62. The van der Waals surface area contributed by atoms with E-state index < -0.39 is 0 Å². The Morgan fingerprint density at radius 2 is 1.83 bits per heavy atom. The Kier molecular flexibility index (Phi) is 3.91. The zero-order valence-corrected chi connectivity index (χ0v) is 13.0. The molecule has 2 rings (SSSR count). The standard InChI is InChI=1S/C15H19BrN2/c1-10(2)13-7-5-12(6-8-13)9-14-15(16)18(4)11(3)17-14/h5-8,10H,9H2,1-4H3. The Labute approximate surface area is 117 Å². The summed E-state index contributed by atoms with van der Waals surface area (Å²) < 4.78 is 3.14. The van der Waals surface area contributed by atoms with E-state index in [1.165, 1.54) is 11.1 Å². The monoisotopic (exact) mass is 306 g/mol. The molecule has 0 saturated carbocycles. The first kappa shape index (κ1) is 13.3. The Bertz CT molecular complexity index is 538. The summed E-state index contributed by atoms with van der Waals surface area (Å²) in [6.45, 7) is 6.46. The molecule has 2 nitrogen and oxygen atoms in total. The van der Waals surface area contributed by atoms with E-state index >= 15 is 0 Å². The van der Waals surface area contributed by atoms with Crippen molar-refractivity contribution in [3.63, 3.8) is 0 Å². The minimum atomic E-state index is 0.586. The molecule has 0 unspecified atom stereocenters. The van der Waals surface area contributed by atoms with Crippen LogP contribution in [-0.4, -0.2) is 9.55 Å². The summed E-state index contributed by atoms with van der Waals surface area (Å²) in [5, 5.41) is 0. The molecule has 18 heavy (non-hydrogen) atoms. The third-order valence-electron chi connectivity index (χ3n) is 3.33. The zero-order valence-electron chi connectivity index (χ0n) is 11.4. The summed E-state index contributed by atoms with van der Waals surface area (Å²) in [4.78, 5) is 4.58. The average molecular weight is 307 g/mol. The van der Waals surface area contributed by atoms with Gasteiger partial charge in [0.15, 0.2) is 0 Å². The molecular weight excluding hydrogens is 288 g/mol. The van der Waals surface area contributed by atoms with Crippen LogP contribution in [0.2, 0.25) is 0 Å². The van der Waals surface area contributed by atoms with E-state index in [2.05, 4.69) is 63.6 Å². The number of imidazole rings is 1. The van der Waals surface area contributed by atoms with Crippen LogP contribution in [0, 0.1) is 6.92 Å². The SMILES string of the molecule is Cc1nc(Cc2ccc(C(C)C)cc2)c(Br)n1C. The lowest BCUT2D eigenvalue weighted by molar-refractivity contribution is 0.839. The molecule has 0 amide bonds. The number of rotatable bonds is 3. The van der Waals surface area contributed by atoms with Crippen molar-refractivity contribution in [2.75, 3.05) is 0 Å². The van der Waals surface area contributed by atoms with Crippen molar-refractivity contribution >= 4 is 15.9 Å². The van der Waals surface area contributed by atoms with Crippen LogP contribution in [0.4, 0.5) is 0 Å². The van der Waals surface area contributed by atoms with Crippen LogP contribution in [0.1, 0.15) is 42.4 Å². The molecule has 3 heteroatoms. The van der Waals surface area contributed by atoms with Gasteiger partial charge < -0.3 is 4.57 Å². The Balaban J connectivity index is 2.21. The average Bonchev–Trinajstić information content (AvgIpc) is 2.58. The van der Waals surface area contributed by atoms with Gasteiger partial charge in [0.05, 0.1) is 5.69 Å². The Morgan fingerprint density at radius 3 is 2.28 bits per heavy atom. The molecule has 0 radical (unpaired) electrons. The van der Waals surface area contributed by atoms with Crippen LogP contribution in [0.15, 0.2) is 28.9 Å². The van der Waals surface area contributed by atoms with E-state index in [9.17, 15) is 0 Å². The van der Waals surface area contributed by atoms with E-state index in [1.54, 1.807) is 0 Å². The van der Waals surface area contributed by atoms with Crippen molar-refractivity contribution in [1.29, 1.82) is 0 Å². The van der Waals surface area contributed by atoms with Gasteiger partial charge in [0, 0.05) is 13.5 Å². The minimum absolute atomic E-state index is 0.586. The van der Waals surface area contributed by atoms with Gasteiger partial charge in [-0.05, 0) is 39.9 Å². The second kappa shape index (κ2) is 5.27. The van der Waals surface area contributed by atoms with Gasteiger partial charge in [0.1, 0.15) is 10.4 Å². The number of hydrogen-bond donors (Lipinski definition) is 0. The van der Waals surface area contributed by atoms with Gasteiger partial charge in [-0.1, -0.05) is 38.1 Å². The Hall–Kier alpha value is -1.09. The summed E-state index contributed by atoms with van der Waals surface area (Å²) >= 11 is 3.60. The summed E-state index contributed by atoms with van der Waals surface area (Å²) in [6, 6.07) is 8.82. The molecule has 0 atom stereocenters. The third kappa shape index (κ3) is 2.66. The molecule has 0 N–H and O–H groups in total. The molecule has 1 aromatic heterocycles. The van der Waals surface area contributed by atoms with Crippen LogP contribution in [-0.2, 0) is 13.5 Å². The summed E-state index contributed by atoms with van der Waals surface area (Å²) in [7, 11) is 2.03. The molecule has 2 aromatic rings. The number of halogens is 1. The van der Waals surface area contributed by atoms with Gasteiger partial charge in [-0.15, -0.1) is 0 Å². The first-order valence-corrected chi connectivity index (χ1v) is 7.05. The van der Waals surface area contributed by atoms with Gasteiger partial charge in [-0.3, -0.25) is 0 Å². The highest BCUT2D eigenvalue weighted by Gasteiger charge is 2.10. The maximum Gasteiger partial charge on any atom is 0.108 e. The first-order chi connectivity index (χ1) is 8.49. The molecule has 0 aliphatic carbocycles. The largest absolute Gasteiger partial charge is 0.326 e. The second-order valence-electron chi connectivity index (χ2n) is 5.03. The fourth-order valence-electron chi connectivity index (χ4n) is 1.98. The fraction of sp³-hybridized carbons (Fsp3) is 0.400. The van der Waals surface area contributed by atoms with Gasteiger partial charge in [0.2, 0.25) is 0 Å². The maximum absolute atomic E-state index is 4.58. The topological polar surface area (TPSA) is 17.8 Å². The van der Waals surface area contributed by atoms with E-state index in [1.807, 2.05) is 14.0 Å². The predicted molar refractivity (Wildman–Crippen MR) is 79.0 cm³/mol.